The SMILES string of the molecule is COc1ccc(-c2ccc(Cc3ccncc3)cc2)cc1OC. The first-order chi connectivity index (χ1) is 11.3. The fourth-order valence-corrected chi connectivity index (χ4v) is 2.57. The van der Waals surface area contributed by atoms with Gasteiger partial charge in [0.1, 0.15) is 0 Å². The van der Waals surface area contributed by atoms with Crippen LogP contribution in [0.4, 0.5) is 0 Å². The van der Waals surface area contributed by atoms with Gasteiger partial charge in [-0.05, 0) is 52.9 Å². The lowest BCUT2D eigenvalue weighted by molar-refractivity contribution is 0.355. The lowest BCUT2D eigenvalue weighted by atomic mass is 10.0. The lowest BCUT2D eigenvalue weighted by Gasteiger charge is -2.10. The number of ether oxygens (including phenoxy) is 2. The molecule has 0 fully saturated rings. The van der Waals surface area contributed by atoms with Gasteiger partial charge in [0.25, 0.3) is 0 Å². The molecule has 0 saturated carbocycles. The Bertz CT molecular complexity index is 767. The second-order valence-corrected chi connectivity index (χ2v) is 5.30. The van der Waals surface area contributed by atoms with E-state index in [0.29, 0.717) is 0 Å². The third kappa shape index (κ3) is 3.51. The molecule has 116 valence electrons. The molecular weight excluding hydrogens is 286 g/mol. The number of hydrogen-bond acceptors (Lipinski definition) is 3. The van der Waals surface area contributed by atoms with Crippen LogP contribution >= 0.6 is 0 Å². The Hall–Kier alpha value is -2.81. The number of benzene rings is 2. The van der Waals surface area contributed by atoms with Crippen LogP contribution in [0.1, 0.15) is 11.1 Å². The van der Waals surface area contributed by atoms with Crippen LogP contribution in [0, 0.1) is 0 Å². The summed E-state index contributed by atoms with van der Waals surface area (Å²) in [5.74, 6) is 1.48. The van der Waals surface area contributed by atoms with E-state index in [1.165, 1.54) is 11.1 Å². The predicted octanol–water partition coefficient (Wildman–Crippen LogP) is 4.36. The highest BCUT2D eigenvalue weighted by Gasteiger charge is 2.06. The minimum Gasteiger partial charge on any atom is -0.493 e. The van der Waals surface area contributed by atoms with E-state index in [1.54, 1.807) is 14.2 Å². The van der Waals surface area contributed by atoms with Crippen molar-refractivity contribution in [3.8, 4) is 22.6 Å². The fourth-order valence-electron chi connectivity index (χ4n) is 2.57. The molecule has 1 heterocycles. The zero-order valence-corrected chi connectivity index (χ0v) is 13.3. The van der Waals surface area contributed by atoms with Crippen molar-refractivity contribution in [1.82, 2.24) is 4.98 Å². The van der Waals surface area contributed by atoms with Gasteiger partial charge in [-0.2, -0.15) is 0 Å². The first-order valence-corrected chi connectivity index (χ1v) is 7.50. The molecule has 3 aromatic rings. The van der Waals surface area contributed by atoms with Gasteiger partial charge in [-0.1, -0.05) is 30.3 Å². The summed E-state index contributed by atoms with van der Waals surface area (Å²) < 4.78 is 10.7. The molecule has 0 amide bonds. The van der Waals surface area contributed by atoms with Crippen molar-refractivity contribution in [2.45, 2.75) is 6.42 Å². The summed E-state index contributed by atoms with van der Waals surface area (Å²) in [6, 6.07) is 18.6. The van der Waals surface area contributed by atoms with E-state index < -0.39 is 0 Å². The van der Waals surface area contributed by atoms with Gasteiger partial charge in [0.2, 0.25) is 0 Å². The Balaban J connectivity index is 1.82. The van der Waals surface area contributed by atoms with Crippen LogP contribution in [0.2, 0.25) is 0 Å². The molecular formula is C20H19NO2. The zero-order valence-electron chi connectivity index (χ0n) is 13.3. The number of nitrogens with zero attached hydrogens (tertiary/aromatic N) is 1. The van der Waals surface area contributed by atoms with Crippen molar-refractivity contribution >= 4 is 0 Å². The van der Waals surface area contributed by atoms with E-state index in [1.807, 2.05) is 42.7 Å². The Morgan fingerprint density at radius 1 is 0.696 bits per heavy atom. The van der Waals surface area contributed by atoms with E-state index in [-0.39, 0.29) is 0 Å². The van der Waals surface area contributed by atoms with E-state index in [0.717, 1.165) is 29.0 Å². The molecule has 23 heavy (non-hydrogen) atoms. The van der Waals surface area contributed by atoms with Gasteiger partial charge in [-0.25, -0.2) is 0 Å². The van der Waals surface area contributed by atoms with Crippen LogP contribution in [0.5, 0.6) is 11.5 Å². The number of pyridine rings is 1. The fraction of sp³-hybridized carbons (Fsp3) is 0.150. The van der Waals surface area contributed by atoms with Crippen LogP contribution in [0.25, 0.3) is 11.1 Å². The number of aromatic nitrogens is 1. The van der Waals surface area contributed by atoms with Crippen LogP contribution in [0.15, 0.2) is 67.0 Å². The Morgan fingerprint density at radius 3 is 1.96 bits per heavy atom. The summed E-state index contributed by atoms with van der Waals surface area (Å²) in [5.41, 5.74) is 4.81. The second-order valence-electron chi connectivity index (χ2n) is 5.30. The van der Waals surface area contributed by atoms with Crippen LogP contribution in [-0.4, -0.2) is 19.2 Å². The van der Waals surface area contributed by atoms with E-state index >= 15 is 0 Å². The third-order valence-electron chi connectivity index (χ3n) is 3.83. The van der Waals surface area contributed by atoms with Crippen molar-refractivity contribution in [2.24, 2.45) is 0 Å². The molecule has 2 aromatic carbocycles. The monoisotopic (exact) mass is 305 g/mol. The Morgan fingerprint density at radius 2 is 1.30 bits per heavy atom. The van der Waals surface area contributed by atoms with Gasteiger partial charge in [-0.3, -0.25) is 4.98 Å². The third-order valence-corrected chi connectivity index (χ3v) is 3.83. The van der Waals surface area contributed by atoms with Crippen molar-refractivity contribution in [3.63, 3.8) is 0 Å². The maximum absolute atomic E-state index is 5.37. The van der Waals surface area contributed by atoms with Crippen molar-refractivity contribution in [3.05, 3.63) is 78.1 Å². The minimum absolute atomic E-state index is 0.741. The van der Waals surface area contributed by atoms with Gasteiger partial charge in [0.15, 0.2) is 11.5 Å². The largest absolute Gasteiger partial charge is 0.493 e. The first-order valence-electron chi connectivity index (χ1n) is 7.50. The highest BCUT2D eigenvalue weighted by molar-refractivity contribution is 5.67. The molecule has 0 unspecified atom stereocenters. The normalized spacial score (nSPS) is 10.3. The second kappa shape index (κ2) is 6.97. The number of methoxy groups -OCH3 is 2. The molecule has 3 rings (SSSR count). The molecule has 0 N–H and O–H groups in total. The van der Waals surface area contributed by atoms with Gasteiger partial charge in [-0.15, -0.1) is 0 Å². The lowest BCUT2D eigenvalue weighted by Crippen LogP contribution is -1.91. The topological polar surface area (TPSA) is 31.4 Å². The molecule has 0 radical (unpaired) electrons. The molecule has 0 spiro atoms. The number of hydrogen-bond donors (Lipinski definition) is 0. The molecule has 3 nitrogen and oxygen atoms in total. The summed E-state index contributed by atoms with van der Waals surface area (Å²) in [4.78, 5) is 4.05. The highest BCUT2D eigenvalue weighted by atomic mass is 16.5. The van der Waals surface area contributed by atoms with Gasteiger partial charge < -0.3 is 9.47 Å². The van der Waals surface area contributed by atoms with Crippen molar-refractivity contribution < 1.29 is 9.47 Å². The molecule has 3 heteroatoms. The van der Waals surface area contributed by atoms with Crippen LogP contribution in [-0.2, 0) is 6.42 Å². The summed E-state index contributed by atoms with van der Waals surface area (Å²) >= 11 is 0. The minimum atomic E-state index is 0.741. The molecule has 0 aliphatic heterocycles. The van der Waals surface area contributed by atoms with Crippen LogP contribution in [0.3, 0.4) is 0 Å². The Kier molecular flexibility index (Phi) is 4.57. The molecule has 0 atom stereocenters. The summed E-state index contributed by atoms with van der Waals surface area (Å²) in [5, 5.41) is 0. The van der Waals surface area contributed by atoms with Gasteiger partial charge in [0.05, 0.1) is 14.2 Å². The molecule has 0 aliphatic rings. The van der Waals surface area contributed by atoms with Gasteiger partial charge >= 0.3 is 0 Å². The Labute approximate surface area is 136 Å². The summed E-state index contributed by atoms with van der Waals surface area (Å²) in [6.07, 6.45) is 4.56. The quantitative estimate of drug-likeness (QED) is 0.702. The smallest absolute Gasteiger partial charge is 0.161 e. The molecule has 0 bridgehead atoms. The van der Waals surface area contributed by atoms with Crippen molar-refractivity contribution in [2.75, 3.05) is 14.2 Å². The maximum atomic E-state index is 5.37. The molecule has 1 aromatic heterocycles. The summed E-state index contributed by atoms with van der Waals surface area (Å²) in [7, 11) is 3.30. The highest BCUT2D eigenvalue weighted by Crippen LogP contribution is 2.32. The van der Waals surface area contributed by atoms with E-state index in [2.05, 4.69) is 29.2 Å². The van der Waals surface area contributed by atoms with Gasteiger partial charge in [0, 0.05) is 12.4 Å². The van der Waals surface area contributed by atoms with E-state index in [4.69, 9.17) is 9.47 Å². The first kappa shape index (κ1) is 15.1. The van der Waals surface area contributed by atoms with Crippen LogP contribution < -0.4 is 9.47 Å². The van der Waals surface area contributed by atoms with Crippen molar-refractivity contribution in [1.29, 1.82) is 0 Å². The number of rotatable bonds is 5. The maximum Gasteiger partial charge on any atom is 0.161 e. The average molecular weight is 305 g/mol. The van der Waals surface area contributed by atoms with E-state index in [9.17, 15) is 0 Å². The predicted molar refractivity (Wildman–Crippen MR) is 92.0 cm³/mol. The summed E-state index contributed by atoms with van der Waals surface area (Å²) in [6.45, 7) is 0. The molecule has 0 saturated heterocycles. The molecule has 0 aliphatic carbocycles. The average Bonchev–Trinajstić information content (AvgIpc) is 2.62. The standard InChI is InChI=1S/C20H19NO2/c1-22-19-8-7-18(14-20(19)23-2)17-5-3-15(4-6-17)13-16-9-11-21-12-10-16/h3-12,14H,13H2,1-2H3. The zero-order chi connectivity index (χ0) is 16.1.